The fraction of sp³-hybridized carbons (Fsp3) is 1.00. The molecular weight excluding hydrogens is 154 g/mol. The van der Waals surface area contributed by atoms with Crippen molar-refractivity contribution in [3.05, 3.63) is 0 Å². The zero-order valence-corrected chi connectivity index (χ0v) is 8.66. The Labute approximate surface area is 74.7 Å². The SMILES string of the molecule is CSN1CCC(C(C)C)CC1. The maximum atomic E-state index is 2.47. The Morgan fingerprint density at radius 3 is 2.18 bits per heavy atom. The fourth-order valence-corrected chi connectivity index (χ4v) is 2.30. The van der Waals surface area contributed by atoms with Gasteiger partial charge in [0.05, 0.1) is 0 Å². The number of hydrogen-bond donors (Lipinski definition) is 0. The maximum absolute atomic E-state index is 2.47. The fourth-order valence-electron chi connectivity index (χ4n) is 1.73. The molecule has 1 heterocycles. The monoisotopic (exact) mass is 173 g/mol. The van der Waals surface area contributed by atoms with Gasteiger partial charge in [0.15, 0.2) is 0 Å². The van der Waals surface area contributed by atoms with Crippen LogP contribution in [0.1, 0.15) is 26.7 Å². The summed E-state index contributed by atoms with van der Waals surface area (Å²) >= 11 is 1.89. The van der Waals surface area contributed by atoms with Gasteiger partial charge < -0.3 is 0 Å². The third-order valence-electron chi connectivity index (χ3n) is 2.70. The van der Waals surface area contributed by atoms with Crippen molar-refractivity contribution < 1.29 is 0 Å². The van der Waals surface area contributed by atoms with Crippen LogP contribution >= 0.6 is 11.9 Å². The minimum atomic E-state index is 0.888. The van der Waals surface area contributed by atoms with Gasteiger partial charge in [-0.15, -0.1) is 0 Å². The predicted molar refractivity (Wildman–Crippen MR) is 52.7 cm³/mol. The molecule has 0 amide bonds. The van der Waals surface area contributed by atoms with Crippen molar-refractivity contribution in [2.75, 3.05) is 19.3 Å². The highest BCUT2D eigenvalue weighted by molar-refractivity contribution is 7.96. The molecule has 1 aliphatic heterocycles. The summed E-state index contributed by atoms with van der Waals surface area (Å²) in [5.41, 5.74) is 0. The smallest absolute Gasteiger partial charge is 0.00919 e. The van der Waals surface area contributed by atoms with E-state index in [2.05, 4.69) is 24.4 Å². The molecule has 1 nitrogen and oxygen atoms in total. The molecule has 0 N–H and O–H groups in total. The van der Waals surface area contributed by atoms with E-state index in [4.69, 9.17) is 0 Å². The van der Waals surface area contributed by atoms with E-state index >= 15 is 0 Å². The Hall–Kier alpha value is 0.310. The highest BCUT2D eigenvalue weighted by atomic mass is 32.2. The van der Waals surface area contributed by atoms with Crippen LogP contribution in [-0.2, 0) is 0 Å². The van der Waals surface area contributed by atoms with Crippen molar-refractivity contribution >= 4 is 11.9 Å². The van der Waals surface area contributed by atoms with Crippen molar-refractivity contribution in [3.8, 4) is 0 Å². The second kappa shape index (κ2) is 4.36. The Morgan fingerprint density at radius 1 is 1.27 bits per heavy atom. The second-order valence-electron chi connectivity index (χ2n) is 3.69. The molecule has 1 rings (SSSR count). The van der Waals surface area contributed by atoms with Crippen LogP contribution in [0.4, 0.5) is 0 Å². The summed E-state index contributed by atoms with van der Waals surface area (Å²) < 4.78 is 2.47. The van der Waals surface area contributed by atoms with Gasteiger partial charge in [0.2, 0.25) is 0 Å². The van der Waals surface area contributed by atoms with Crippen LogP contribution in [0.25, 0.3) is 0 Å². The molecular formula is C9H19NS. The molecule has 1 saturated heterocycles. The lowest BCUT2D eigenvalue weighted by Gasteiger charge is -2.32. The van der Waals surface area contributed by atoms with E-state index < -0.39 is 0 Å². The number of rotatable bonds is 2. The molecule has 1 fully saturated rings. The number of piperidine rings is 1. The van der Waals surface area contributed by atoms with Crippen molar-refractivity contribution in [1.82, 2.24) is 4.31 Å². The Balaban J connectivity index is 2.24. The largest absolute Gasteiger partial charge is 0.251 e. The topological polar surface area (TPSA) is 3.24 Å². The summed E-state index contributed by atoms with van der Waals surface area (Å²) in [5, 5.41) is 0. The van der Waals surface area contributed by atoms with Crippen LogP contribution in [0.2, 0.25) is 0 Å². The molecule has 0 aromatic rings. The average Bonchev–Trinajstić information content (AvgIpc) is 2.05. The zero-order valence-electron chi connectivity index (χ0n) is 7.84. The standard InChI is InChI=1S/C9H19NS/c1-8(2)9-4-6-10(11-3)7-5-9/h8-9H,4-7H2,1-3H3. The molecule has 1 aliphatic rings. The minimum absolute atomic E-state index is 0.888. The third kappa shape index (κ3) is 2.68. The van der Waals surface area contributed by atoms with Gasteiger partial charge in [-0.05, 0) is 30.9 Å². The molecule has 0 atom stereocenters. The summed E-state index contributed by atoms with van der Waals surface area (Å²) in [5.74, 6) is 1.87. The van der Waals surface area contributed by atoms with Gasteiger partial charge >= 0.3 is 0 Å². The van der Waals surface area contributed by atoms with Crippen molar-refractivity contribution in [1.29, 1.82) is 0 Å². The van der Waals surface area contributed by atoms with Gasteiger partial charge in [-0.2, -0.15) is 0 Å². The van der Waals surface area contributed by atoms with Crippen LogP contribution in [0, 0.1) is 11.8 Å². The lowest BCUT2D eigenvalue weighted by molar-refractivity contribution is 0.238. The highest BCUT2D eigenvalue weighted by Crippen LogP contribution is 2.26. The van der Waals surface area contributed by atoms with Gasteiger partial charge in [0.25, 0.3) is 0 Å². The van der Waals surface area contributed by atoms with Gasteiger partial charge in [0.1, 0.15) is 0 Å². The molecule has 0 radical (unpaired) electrons. The Morgan fingerprint density at radius 2 is 1.82 bits per heavy atom. The summed E-state index contributed by atoms with van der Waals surface area (Å²) in [6, 6.07) is 0. The first-order valence-electron chi connectivity index (χ1n) is 4.53. The Kier molecular flexibility index (Phi) is 3.73. The first-order chi connectivity index (χ1) is 5.24. The predicted octanol–water partition coefficient (Wildman–Crippen LogP) is 2.63. The summed E-state index contributed by atoms with van der Waals surface area (Å²) in [4.78, 5) is 0. The summed E-state index contributed by atoms with van der Waals surface area (Å²) in [6.07, 6.45) is 4.98. The molecule has 0 saturated carbocycles. The molecule has 0 unspecified atom stereocenters. The first kappa shape index (κ1) is 9.40. The number of nitrogens with zero attached hydrogens (tertiary/aromatic N) is 1. The zero-order chi connectivity index (χ0) is 8.27. The molecule has 0 spiro atoms. The van der Waals surface area contributed by atoms with Gasteiger partial charge in [0, 0.05) is 13.1 Å². The average molecular weight is 173 g/mol. The Bertz CT molecular complexity index is 106. The molecule has 0 aromatic heterocycles. The van der Waals surface area contributed by atoms with Crippen molar-refractivity contribution in [3.63, 3.8) is 0 Å². The van der Waals surface area contributed by atoms with E-state index in [0.717, 1.165) is 11.8 Å². The molecule has 0 bridgehead atoms. The highest BCUT2D eigenvalue weighted by Gasteiger charge is 2.20. The van der Waals surface area contributed by atoms with E-state index in [1.54, 1.807) is 0 Å². The summed E-state index contributed by atoms with van der Waals surface area (Å²) in [7, 11) is 0. The lowest BCUT2D eigenvalue weighted by Crippen LogP contribution is -2.30. The quantitative estimate of drug-likeness (QED) is 0.591. The minimum Gasteiger partial charge on any atom is -0.251 e. The lowest BCUT2D eigenvalue weighted by atomic mass is 9.87. The number of hydrogen-bond acceptors (Lipinski definition) is 2. The van der Waals surface area contributed by atoms with Crippen molar-refractivity contribution in [2.45, 2.75) is 26.7 Å². The third-order valence-corrected chi connectivity index (χ3v) is 3.58. The van der Waals surface area contributed by atoms with E-state index in [1.165, 1.54) is 25.9 Å². The van der Waals surface area contributed by atoms with Crippen LogP contribution < -0.4 is 0 Å². The molecule has 66 valence electrons. The maximum Gasteiger partial charge on any atom is 0.00919 e. The van der Waals surface area contributed by atoms with Crippen LogP contribution in [-0.4, -0.2) is 23.7 Å². The van der Waals surface area contributed by atoms with Gasteiger partial charge in [-0.25, -0.2) is 0 Å². The molecule has 0 aliphatic carbocycles. The normalized spacial score (nSPS) is 22.9. The van der Waals surface area contributed by atoms with Gasteiger partial charge in [-0.3, -0.25) is 4.31 Å². The van der Waals surface area contributed by atoms with Crippen molar-refractivity contribution in [2.24, 2.45) is 11.8 Å². The summed E-state index contributed by atoms with van der Waals surface area (Å²) in [6.45, 7) is 7.28. The van der Waals surface area contributed by atoms with E-state index in [1.807, 2.05) is 11.9 Å². The van der Waals surface area contributed by atoms with Crippen LogP contribution in [0.15, 0.2) is 0 Å². The molecule has 0 aromatic carbocycles. The van der Waals surface area contributed by atoms with Gasteiger partial charge in [-0.1, -0.05) is 25.8 Å². The molecule has 11 heavy (non-hydrogen) atoms. The first-order valence-corrected chi connectivity index (χ1v) is 5.71. The van der Waals surface area contributed by atoms with E-state index in [9.17, 15) is 0 Å². The van der Waals surface area contributed by atoms with E-state index in [0.29, 0.717) is 0 Å². The second-order valence-corrected chi connectivity index (χ2v) is 4.57. The molecule has 2 heteroatoms. The van der Waals surface area contributed by atoms with E-state index in [-0.39, 0.29) is 0 Å². The van der Waals surface area contributed by atoms with Crippen LogP contribution in [0.3, 0.4) is 0 Å². The van der Waals surface area contributed by atoms with Crippen LogP contribution in [0.5, 0.6) is 0 Å².